The van der Waals surface area contributed by atoms with Gasteiger partial charge in [0.15, 0.2) is 5.75 Å². The largest absolute Gasteiger partial charge is 0.504 e. The summed E-state index contributed by atoms with van der Waals surface area (Å²) in [7, 11) is -3.42. The molecule has 0 bridgehead atoms. The van der Waals surface area contributed by atoms with E-state index in [1.165, 1.54) is 16.8 Å². The average molecular weight is 307 g/mol. The molecule has 0 saturated carbocycles. The molecule has 1 aliphatic heterocycles. The van der Waals surface area contributed by atoms with Crippen molar-refractivity contribution in [2.75, 3.05) is 6.54 Å². The van der Waals surface area contributed by atoms with Gasteiger partial charge in [0.2, 0.25) is 10.0 Å². The van der Waals surface area contributed by atoms with Crippen LogP contribution < -0.4 is 0 Å². The lowest BCUT2D eigenvalue weighted by atomic mass is 10.1. The van der Waals surface area contributed by atoms with Gasteiger partial charge < -0.3 is 9.52 Å². The first-order valence-corrected chi connectivity index (χ1v) is 8.47. The minimum absolute atomic E-state index is 0.0156. The maximum atomic E-state index is 12.6. The van der Waals surface area contributed by atoms with E-state index in [4.69, 9.17) is 4.42 Å². The van der Waals surface area contributed by atoms with Gasteiger partial charge in [0.25, 0.3) is 0 Å². The molecule has 1 saturated heterocycles. The number of nitrogens with zero attached hydrogens (tertiary/aromatic N) is 1. The van der Waals surface area contributed by atoms with Crippen LogP contribution in [-0.2, 0) is 15.8 Å². The van der Waals surface area contributed by atoms with Gasteiger partial charge in [0.05, 0.1) is 23.6 Å². The van der Waals surface area contributed by atoms with Crippen LogP contribution in [0.25, 0.3) is 0 Å². The van der Waals surface area contributed by atoms with Crippen molar-refractivity contribution in [3.63, 3.8) is 0 Å². The number of hydrogen-bond donors (Lipinski definition) is 1. The molecule has 2 heterocycles. The van der Waals surface area contributed by atoms with Gasteiger partial charge in [-0.25, -0.2) is 8.42 Å². The maximum Gasteiger partial charge on any atom is 0.218 e. The zero-order valence-corrected chi connectivity index (χ0v) is 12.3. The van der Waals surface area contributed by atoms with Gasteiger partial charge in [-0.15, -0.1) is 0 Å². The second kappa shape index (κ2) is 5.54. The number of benzene rings is 1. The molecule has 1 fully saturated rings. The predicted molar refractivity (Wildman–Crippen MR) is 78.1 cm³/mol. The minimum atomic E-state index is -3.42. The lowest BCUT2D eigenvalue weighted by Crippen LogP contribution is -2.31. The summed E-state index contributed by atoms with van der Waals surface area (Å²) >= 11 is 0. The van der Waals surface area contributed by atoms with Crippen molar-refractivity contribution in [2.45, 2.75) is 24.6 Å². The lowest BCUT2D eigenvalue weighted by Gasteiger charge is -2.23. The van der Waals surface area contributed by atoms with Crippen molar-refractivity contribution in [3.05, 3.63) is 54.0 Å². The third-order valence-electron chi connectivity index (χ3n) is 3.78. The van der Waals surface area contributed by atoms with Gasteiger partial charge in [-0.3, -0.25) is 0 Å². The zero-order chi connectivity index (χ0) is 14.9. The zero-order valence-electron chi connectivity index (χ0n) is 11.5. The van der Waals surface area contributed by atoms with Crippen molar-refractivity contribution in [1.29, 1.82) is 0 Å². The average Bonchev–Trinajstić information content (AvgIpc) is 3.07. The van der Waals surface area contributed by atoms with Gasteiger partial charge in [-0.05, 0) is 18.4 Å². The molecule has 0 spiro atoms. The van der Waals surface area contributed by atoms with Crippen LogP contribution in [0.5, 0.6) is 5.75 Å². The highest BCUT2D eigenvalue weighted by Gasteiger charge is 2.37. The smallest absolute Gasteiger partial charge is 0.218 e. The molecule has 0 radical (unpaired) electrons. The van der Waals surface area contributed by atoms with Crippen LogP contribution in [0.2, 0.25) is 0 Å². The van der Waals surface area contributed by atoms with Crippen LogP contribution in [0.15, 0.2) is 47.3 Å². The molecule has 1 aromatic heterocycles. The third-order valence-corrected chi connectivity index (χ3v) is 5.63. The molecule has 0 aliphatic carbocycles. The summed E-state index contributed by atoms with van der Waals surface area (Å²) < 4.78 is 31.7. The fourth-order valence-electron chi connectivity index (χ4n) is 2.80. The van der Waals surface area contributed by atoms with Crippen molar-refractivity contribution >= 4 is 10.0 Å². The fraction of sp³-hybridized carbons (Fsp3) is 0.333. The number of hydrogen-bond acceptors (Lipinski definition) is 4. The van der Waals surface area contributed by atoms with Crippen LogP contribution in [-0.4, -0.2) is 24.4 Å². The number of aromatic hydroxyl groups is 1. The molecule has 1 aromatic carbocycles. The molecule has 1 aliphatic rings. The Bertz CT molecular complexity index is 708. The van der Waals surface area contributed by atoms with Crippen LogP contribution in [0, 0.1) is 0 Å². The summed E-state index contributed by atoms with van der Waals surface area (Å²) in [4.78, 5) is 0. The summed E-state index contributed by atoms with van der Waals surface area (Å²) in [5, 5.41) is 9.77. The van der Waals surface area contributed by atoms with E-state index in [0.717, 1.165) is 12.0 Å². The van der Waals surface area contributed by atoms with Crippen LogP contribution >= 0.6 is 0 Å². The quantitative estimate of drug-likeness (QED) is 0.942. The lowest BCUT2D eigenvalue weighted by molar-refractivity contribution is 0.381. The van der Waals surface area contributed by atoms with E-state index in [0.29, 0.717) is 18.5 Å². The first kappa shape index (κ1) is 14.2. The number of rotatable bonds is 4. The Kier molecular flexibility index (Phi) is 3.73. The molecule has 2 aromatic rings. The van der Waals surface area contributed by atoms with E-state index in [1.807, 2.05) is 18.2 Å². The molecule has 1 atom stereocenters. The van der Waals surface area contributed by atoms with Crippen LogP contribution in [0.3, 0.4) is 0 Å². The summed E-state index contributed by atoms with van der Waals surface area (Å²) in [6.45, 7) is 0.477. The summed E-state index contributed by atoms with van der Waals surface area (Å²) in [6.07, 6.45) is 4.14. The Morgan fingerprint density at radius 2 is 2.00 bits per heavy atom. The highest BCUT2D eigenvalue weighted by molar-refractivity contribution is 7.88. The normalized spacial score (nSPS) is 19.9. The number of sulfonamides is 1. The second-order valence-electron chi connectivity index (χ2n) is 5.22. The predicted octanol–water partition coefficient (Wildman–Crippen LogP) is 2.65. The Balaban J connectivity index is 1.86. The third kappa shape index (κ3) is 2.82. The summed E-state index contributed by atoms with van der Waals surface area (Å²) in [5.74, 6) is -0.00928. The number of furan rings is 1. The molecule has 6 heteroatoms. The topological polar surface area (TPSA) is 70.8 Å². The highest BCUT2D eigenvalue weighted by atomic mass is 32.2. The fourth-order valence-corrected chi connectivity index (χ4v) is 4.59. The molecule has 1 N–H and O–H groups in total. The Morgan fingerprint density at radius 3 is 2.67 bits per heavy atom. The van der Waals surface area contributed by atoms with E-state index >= 15 is 0 Å². The van der Waals surface area contributed by atoms with Crippen molar-refractivity contribution in [2.24, 2.45) is 0 Å². The molecule has 112 valence electrons. The van der Waals surface area contributed by atoms with Crippen molar-refractivity contribution in [3.8, 4) is 5.75 Å². The maximum absolute atomic E-state index is 12.6. The molecule has 21 heavy (non-hydrogen) atoms. The second-order valence-corrected chi connectivity index (χ2v) is 7.14. The van der Waals surface area contributed by atoms with Crippen molar-refractivity contribution in [1.82, 2.24) is 4.31 Å². The molecular weight excluding hydrogens is 290 g/mol. The standard InChI is InChI=1S/C15H17NO4S/c17-15-10-20-9-13(15)14-7-4-8-16(14)21(18,19)11-12-5-2-1-3-6-12/h1-3,5-6,9-10,14,17H,4,7-8,11H2. The van der Waals surface area contributed by atoms with Gasteiger partial charge in [-0.2, -0.15) is 4.31 Å². The van der Waals surface area contributed by atoms with E-state index < -0.39 is 10.0 Å². The van der Waals surface area contributed by atoms with Gasteiger partial charge >= 0.3 is 0 Å². The van der Waals surface area contributed by atoms with Gasteiger partial charge in [0, 0.05) is 6.54 Å². The van der Waals surface area contributed by atoms with Crippen LogP contribution in [0.1, 0.15) is 30.0 Å². The Labute approximate surface area is 123 Å². The van der Waals surface area contributed by atoms with Crippen molar-refractivity contribution < 1.29 is 17.9 Å². The SMILES string of the molecule is O=S(=O)(Cc1ccccc1)N1CCCC1c1cocc1O. The van der Waals surface area contributed by atoms with Crippen LogP contribution in [0.4, 0.5) is 0 Å². The molecule has 1 unspecified atom stereocenters. The molecular formula is C15H17NO4S. The molecule has 3 rings (SSSR count). The Hall–Kier alpha value is -1.79. The first-order valence-electron chi connectivity index (χ1n) is 6.86. The first-order chi connectivity index (χ1) is 10.1. The van der Waals surface area contributed by atoms with E-state index in [1.54, 1.807) is 12.1 Å². The van der Waals surface area contributed by atoms with E-state index in [9.17, 15) is 13.5 Å². The van der Waals surface area contributed by atoms with Gasteiger partial charge in [0.1, 0.15) is 6.26 Å². The molecule has 5 nitrogen and oxygen atoms in total. The highest BCUT2D eigenvalue weighted by Crippen LogP contribution is 2.39. The molecule has 0 amide bonds. The summed E-state index contributed by atoms with van der Waals surface area (Å²) in [6, 6.07) is 8.79. The Morgan fingerprint density at radius 1 is 1.24 bits per heavy atom. The minimum Gasteiger partial charge on any atom is -0.504 e. The summed E-state index contributed by atoms with van der Waals surface area (Å²) in [5.41, 5.74) is 1.31. The van der Waals surface area contributed by atoms with Gasteiger partial charge in [-0.1, -0.05) is 30.3 Å². The monoisotopic (exact) mass is 307 g/mol. The van der Waals surface area contributed by atoms with E-state index in [-0.39, 0.29) is 17.5 Å². The van der Waals surface area contributed by atoms with E-state index in [2.05, 4.69) is 0 Å².